The number of carbonyl (C=O) groups is 1. The van der Waals surface area contributed by atoms with E-state index in [0.29, 0.717) is 33.7 Å². The second-order valence-corrected chi connectivity index (χ2v) is 8.64. The van der Waals surface area contributed by atoms with E-state index >= 15 is 0 Å². The summed E-state index contributed by atoms with van der Waals surface area (Å²) in [6, 6.07) is 1.55. The molecule has 0 fully saturated rings. The van der Waals surface area contributed by atoms with E-state index in [0.717, 1.165) is 0 Å². The summed E-state index contributed by atoms with van der Waals surface area (Å²) < 4.78 is 26.5. The summed E-state index contributed by atoms with van der Waals surface area (Å²) >= 11 is 0. The van der Waals surface area contributed by atoms with Gasteiger partial charge in [0.05, 0.1) is 22.1 Å². The molecule has 144 valence electrons. The molecular weight excluding hydrogens is 370 g/mol. The van der Waals surface area contributed by atoms with Gasteiger partial charge in [-0.1, -0.05) is 5.16 Å². The average Bonchev–Trinajstić information content (AvgIpc) is 2.84. The fraction of sp³-hybridized carbons (Fsp3) is 0.389. The Morgan fingerprint density at radius 3 is 2.56 bits per heavy atom. The zero-order valence-corrected chi connectivity index (χ0v) is 16.6. The summed E-state index contributed by atoms with van der Waals surface area (Å²) in [6.07, 6.45) is 0.207. The van der Waals surface area contributed by atoms with Crippen LogP contribution in [0, 0.1) is 20.8 Å². The number of hydrogen-bond donors (Lipinski definition) is 1. The van der Waals surface area contributed by atoms with E-state index in [-0.39, 0.29) is 28.5 Å². The molecule has 27 heavy (non-hydrogen) atoms. The fourth-order valence-electron chi connectivity index (χ4n) is 3.58. The Bertz CT molecular complexity index is 1100. The first-order valence-corrected chi connectivity index (χ1v) is 10.00. The molecule has 1 aromatic carbocycles. The smallest absolute Gasteiger partial charge is 0.220 e. The molecule has 1 N–H and O–H groups in total. The zero-order chi connectivity index (χ0) is 20.1. The molecule has 0 saturated heterocycles. The van der Waals surface area contributed by atoms with Crippen LogP contribution in [0.3, 0.4) is 0 Å². The van der Waals surface area contributed by atoms with Gasteiger partial charge in [-0.2, -0.15) is 5.10 Å². The SMILES string of the molecule is CO/N=C1\CCS(=O)(=O)c2c(C)cc(C(=O)c3c(C)nn(C)c3O)c(C)c21. The Balaban J connectivity index is 2.32. The Morgan fingerprint density at radius 2 is 2.00 bits per heavy atom. The van der Waals surface area contributed by atoms with Crippen molar-refractivity contribution >= 4 is 21.3 Å². The number of carbonyl (C=O) groups excluding carboxylic acids is 1. The zero-order valence-electron chi connectivity index (χ0n) is 15.8. The van der Waals surface area contributed by atoms with Gasteiger partial charge < -0.3 is 9.94 Å². The highest BCUT2D eigenvalue weighted by atomic mass is 32.2. The number of fused-ring (bicyclic) bond motifs is 1. The minimum Gasteiger partial charge on any atom is -0.493 e. The number of sulfone groups is 1. The van der Waals surface area contributed by atoms with E-state index in [1.165, 1.54) is 11.8 Å². The number of benzene rings is 1. The molecule has 0 amide bonds. The lowest BCUT2D eigenvalue weighted by Gasteiger charge is -2.23. The molecule has 0 unspecified atom stereocenters. The third kappa shape index (κ3) is 2.91. The minimum absolute atomic E-state index is 0.0573. The highest BCUT2D eigenvalue weighted by Gasteiger charge is 2.34. The van der Waals surface area contributed by atoms with Crippen molar-refractivity contribution in [2.45, 2.75) is 32.1 Å². The first-order chi connectivity index (χ1) is 12.6. The standard InChI is InChI=1S/C18H21N3O5S/c1-9-8-12(16(22)15-11(3)19-21(4)18(15)23)10(2)14-13(20-26-5)6-7-27(24,25)17(9)14/h8,23H,6-7H2,1-5H3/b20-13+. The molecule has 9 heteroatoms. The van der Waals surface area contributed by atoms with Crippen molar-refractivity contribution in [2.75, 3.05) is 12.9 Å². The van der Waals surface area contributed by atoms with E-state index in [2.05, 4.69) is 10.3 Å². The maximum atomic E-state index is 13.2. The summed E-state index contributed by atoms with van der Waals surface area (Å²) in [7, 11) is -0.545. The number of hydrogen-bond acceptors (Lipinski definition) is 7. The Hall–Kier alpha value is -2.68. The van der Waals surface area contributed by atoms with Crippen LogP contribution < -0.4 is 0 Å². The largest absolute Gasteiger partial charge is 0.493 e. The lowest BCUT2D eigenvalue weighted by atomic mass is 9.90. The average molecular weight is 391 g/mol. The minimum atomic E-state index is -3.48. The molecule has 1 aliphatic heterocycles. The maximum Gasteiger partial charge on any atom is 0.220 e. The molecule has 3 rings (SSSR count). The number of ketones is 1. The van der Waals surface area contributed by atoms with Crippen molar-refractivity contribution in [1.29, 1.82) is 0 Å². The van der Waals surface area contributed by atoms with Crippen LogP contribution in [0.4, 0.5) is 0 Å². The van der Waals surface area contributed by atoms with E-state index in [1.54, 1.807) is 33.9 Å². The van der Waals surface area contributed by atoms with Crippen LogP contribution in [0.5, 0.6) is 5.88 Å². The molecule has 1 aromatic heterocycles. The summed E-state index contributed by atoms with van der Waals surface area (Å²) in [5, 5.41) is 18.3. The second kappa shape index (κ2) is 6.49. The Kier molecular flexibility index (Phi) is 4.59. The monoisotopic (exact) mass is 391 g/mol. The van der Waals surface area contributed by atoms with Gasteiger partial charge in [0.1, 0.15) is 12.7 Å². The van der Waals surface area contributed by atoms with Gasteiger partial charge in [0, 0.05) is 24.6 Å². The predicted molar refractivity (Wildman–Crippen MR) is 99.2 cm³/mol. The Morgan fingerprint density at radius 1 is 1.33 bits per heavy atom. The van der Waals surface area contributed by atoms with Gasteiger partial charge in [-0.25, -0.2) is 13.1 Å². The van der Waals surface area contributed by atoms with Crippen LogP contribution in [0.1, 0.15) is 44.7 Å². The van der Waals surface area contributed by atoms with Crippen LogP contribution in [-0.2, 0) is 21.7 Å². The fourth-order valence-corrected chi connectivity index (χ4v) is 5.38. The molecule has 0 saturated carbocycles. The van der Waals surface area contributed by atoms with Crippen molar-refractivity contribution in [2.24, 2.45) is 12.2 Å². The van der Waals surface area contributed by atoms with Crippen LogP contribution in [0.15, 0.2) is 16.1 Å². The van der Waals surface area contributed by atoms with E-state index in [1.807, 2.05) is 0 Å². The molecular formula is C18H21N3O5S. The van der Waals surface area contributed by atoms with Crippen molar-refractivity contribution < 1.29 is 23.2 Å². The number of aryl methyl sites for hydroxylation is 3. The van der Waals surface area contributed by atoms with E-state index < -0.39 is 15.6 Å². The topological polar surface area (TPSA) is 111 Å². The van der Waals surface area contributed by atoms with Crippen LogP contribution in [-0.4, -0.2) is 47.7 Å². The summed E-state index contributed by atoms with van der Waals surface area (Å²) in [5.41, 5.74) is 2.65. The first-order valence-electron chi connectivity index (χ1n) is 8.34. The summed E-state index contributed by atoms with van der Waals surface area (Å²) in [5.74, 6) is -0.704. The molecule has 2 aromatic rings. The number of nitrogens with zero attached hydrogens (tertiary/aromatic N) is 3. The Labute approximate surface area is 157 Å². The molecule has 1 aliphatic rings. The lowest BCUT2D eigenvalue weighted by molar-refractivity contribution is 0.103. The van der Waals surface area contributed by atoms with Gasteiger partial charge in [0.25, 0.3) is 0 Å². The van der Waals surface area contributed by atoms with Crippen LogP contribution in [0.2, 0.25) is 0 Å². The number of oxime groups is 1. The first kappa shape index (κ1) is 19.1. The van der Waals surface area contributed by atoms with Gasteiger partial charge >= 0.3 is 0 Å². The van der Waals surface area contributed by atoms with Gasteiger partial charge in [-0.3, -0.25) is 4.79 Å². The quantitative estimate of drug-likeness (QED) is 0.631. The van der Waals surface area contributed by atoms with Gasteiger partial charge in [-0.15, -0.1) is 0 Å². The highest BCUT2D eigenvalue weighted by molar-refractivity contribution is 7.91. The third-order valence-corrected chi connectivity index (χ3v) is 6.69. The van der Waals surface area contributed by atoms with Crippen molar-refractivity contribution in [3.8, 4) is 5.88 Å². The van der Waals surface area contributed by atoms with Gasteiger partial charge in [-0.05, 0) is 38.0 Å². The van der Waals surface area contributed by atoms with Crippen molar-refractivity contribution in [3.05, 3.63) is 39.6 Å². The molecule has 0 aliphatic carbocycles. The van der Waals surface area contributed by atoms with Crippen LogP contribution >= 0.6 is 0 Å². The molecule has 0 bridgehead atoms. The normalized spacial score (nSPS) is 17.0. The van der Waals surface area contributed by atoms with E-state index in [9.17, 15) is 18.3 Å². The van der Waals surface area contributed by atoms with Crippen LogP contribution in [0.25, 0.3) is 0 Å². The molecule has 0 atom stereocenters. The predicted octanol–water partition coefficient (Wildman–Crippen LogP) is 1.81. The second-order valence-electron chi connectivity index (χ2n) is 6.60. The van der Waals surface area contributed by atoms with Gasteiger partial charge in [0.15, 0.2) is 9.84 Å². The third-order valence-electron chi connectivity index (χ3n) is 4.80. The van der Waals surface area contributed by atoms with Crippen molar-refractivity contribution in [3.63, 3.8) is 0 Å². The summed E-state index contributed by atoms with van der Waals surface area (Å²) in [6.45, 7) is 4.97. The number of aromatic nitrogens is 2. The highest BCUT2D eigenvalue weighted by Crippen LogP contribution is 2.35. The van der Waals surface area contributed by atoms with Gasteiger partial charge in [0.2, 0.25) is 11.7 Å². The molecule has 0 spiro atoms. The number of rotatable bonds is 3. The molecule has 8 nitrogen and oxygen atoms in total. The number of aromatic hydroxyl groups is 1. The molecule has 2 heterocycles. The molecule has 0 radical (unpaired) electrons. The summed E-state index contributed by atoms with van der Waals surface area (Å²) in [4.78, 5) is 18.2. The maximum absolute atomic E-state index is 13.2. The lowest BCUT2D eigenvalue weighted by Crippen LogP contribution is -2.26. The van der Waals surface area contributed by atoms with Crippen molar-refractivity contribution in [1.82, 2.24) is 9.78 Å². The van der Waals surface area contributed by atoms with E-state index in [4.69, 9.17) is 4.84 Å².